The van der Waals surface area contributed by atoms with Gasteiger partial charge in [0, 0.05) is 24.8 Å². The van der Waals surface area contributed by atoms with Crippen molar-refractivity contribution in [1.29, 1.82) is 0 Å². The van der Waals surface area contributed by atoms with Crippen LogP contribution in [0.25, 0.3) is 0 Å². The molecule has 2 N–H and O–H groups in total. The molecule has 0 aromatic carbocycles. The number of likely N-dealkylation sites (tertiary alicyclic amines) is 1. The van der Waals surface area contributed by atoms with Gasteiger partial charge >= 0.3 is 0 Å². The smallest absolute Gasteiger partial charge is 0.252 e. The fourth-order valence-electron chi connectivity index (χ4n) is 4.23. The summed E-state index contributed by atoms with van der Waals surface area (Å²) in [6, 6.07) is 0. The Morgan fingerprint density at radius 1 is 1.25 bits per heavy atom. The highest BCUT2D eigenvalue weighted by Gasteiger charge is 2.72. The molecule has 3 aliphatic rings. The lowest BCUT2D eigenvalue weighted by Gasteiger charge is -2.50. The second-order valence-electron chi connectivity index (χ2n) is 7.59. The van der Waals surface area contributed by atoms with Crippen molar-refractivity contribution in [1.82, 2.24) is 4.90 Å². The normalized spacial score (nSPS) is 38.7. The van der Waals surface area contributed by atoms with Crippen LogP contribution in [-0.2, 0) is 0 Å². The SMILES string of the molecule is CC(C)C(O)(O)C1(C)N(CC2CC2(F)F)CCC12CC2. The average Bonchev–Trinajstić information content (AvgIpc) is 3.19. The number of aliphatic hydroxyl groups is 2. The summed E-state index contributed by atoms with van der Waals surface area (Å²) in [7, 11) is 0. The second-order valence-corrected chi connectivity index (χ2v) is 7.59. The molecule has 2 saturated carbocycles. The van der Waals surface area contributed by atoms with Crippen molar-refractivity contribution >= 4 is 0 Å². The van der Waals surface area contributed by atoms with Crippen molar-refractivity contribution in [2.75, 3.05) is 13.1 Å². The lowest BCUT2D eigenvalue weighted by Crippen LogP contribution is -2.66. The van der Waals surface area contributed by atoms with Gasteiger partial charge in [0.2, 0.25) is 0 Å². The van der Waals surface area contributed by atoms with Gasteiger partial charge < -0.3 is 10.2 Å². The molecular weight excluding hydrogens is 264 g/mol. The van der Waals surface area contributed by atoms with Gasteiger partial charge in [0.05, 0.1) is 5.54 Å². The molecule has 0 aromatic heterocycles. The third-order valence-corrected chi connectivity index (χ3v) is 6.30. The Morgan fingerprint density at radius 3 is 2.20 bits per heavy atom. The molecule has 2 aliphatic carbocycles. The number of hydrogen-bond donors (Lipinski definition) is 2. The summed E-state index contributed by atoms with van der Waals surface area (Å²) in [5.41, 5.74) is -0.905. The van der Waals surface area contributed by atoms with E-state index >= 15 is 0 Å². The van der Waals surface area contributed by atoms with E-state index in [2.05, 4.69) is 0 Å². The van der Waals surface area contributed by atoms with Crippen LogP contribution in [0.5, 0.6) is 0 Å². The lowest BCUT2D eigenvalue weighted by atomic mass is 9.72. The Balaban J connectivity index is 1.87. The lowest BCUT2D eigenvalue weighted by molar-refractivity contribution is -0.276. The van der Waals surface area contributed by atoms with Crippen molar-refractivity contribution in [3.63, 3.8) is 0 Å². The summed E-state index contributed by atoms with van der Waals surface area (Å²) in [4.78, 5) is 1.94. The molecule has 1 spiro atoms. The van der Waals surface area contributed by atoms with Gasteiger partial charge in [-0.1, -0.05) is 13.8 Å². The molecule has 116 valence electrons. The molecular formula is C15H25F2NO2. The van der Waals surface area contributed by atoms with E-state index in [-0.39, 0.29) is 24.3 Å². The number of hydrogen-bond acceptors (Lipinski definition) is 3. The van der Waals surface area contributed by atoms with Crippen molar-refractivity contribution < 1.29 is 19.0 Å². The van der Waals surface area contributed by atoms with Gasteiger partial charge in [-0.15, -0.1) is 0 Å². The van der Waals surface area contributed by atoms with Crippen molar-refractivity contribution in [2.24, 2.45) is 17.3 Å². The van der Waals surface area contributed by atoms with Gasteiger partial charge in [0.15, 0.2) is 5.79 Å². The Labute approximate surface area is 119 Å². The number of alkyl halides is 2. The summed E-state index contributed by atoms with van der Waals surface area (Å²) in [6.07, 6.45) is 2.77. The Hall–Kier alpha value is -0.260. The molecule has 1 heterocycles. The third-order valence-electron chi connectivity index (χ3n) is 6.30. The molecule has 1 saturated heterocycles. The highest BCUT2D eigenvalue weighted by atomic mass is 19.3. The topological polar surface area (TPSA) is 43.7 Å². The molecule has 0 amide bonds. The summed E-state index contributed by atoms with van der Waals surface area (Å²) >= 11 is 0. The summed E-state index contributed by atoms with van der Waals surface area (Å²) in [5.74, 6) is -5.33. The van der Waals surface area contributed by atoms with Gasteiger partial charge in [-0.25, -0.2) is 8.78 Å². The minimum atomic E-state index is -2.55. The molecule has 20 heavy (non-hydrogen) atoms. The van der Waals surface area contributed by atoms with Crippen LogP contribution in [0.2, 0.25) is 0 Å². The monoisotopic (exact) mass is 289 g/mol. The third kappa shape index (κ3) is 1.72. The molecule has 5 heteroatoms. The van der Waals surface area contributed by atoms with Crippen molar-refractivity contribution in [3.8, 4) is 0 Å². The van der Waals surface area contributed by atoms with Crippen LogP contribution in [0.1, 0.15) is 46.5 Å². The Bertz CT molecular complexity index is 420. The Kier molecular flexibility index (Phi) is 2.88. The molecule has 2 unspecified atom stereocenters. The van der Waals surface area contributed by atoms with Crippen LogP contribution in [0.3, 0.4) is 0 Å². The average molecular weight is 289 g/mol. The van der Waals surface area contributed by atoms with Gasteiger partial charge in [0.1, 0.15) is 0 Å². The van der Waals surface area contributed by atoms with E-state index < -0.39 is 23.2 Å². The molecule has 1 aliphatic heterocycles. The maximum absolute atomic E-state index is 13.2. The van der Waals surface area contributed by atoms with Crippen LogP contribution in [0.15, 0.2) is 0 Å². The molecule has 2 atom stereocenters. The van der Waals surface area contributed by atoms with Gasteiger partial charge in [0.25, 0.3) is 5.92 Å². The highest BCUT2D eigenvalue weighted by Crippen LogP contribution is 2.67. The summed E-state index contributed by atoms with van der Waals surface area (Å²) < 4.78 is 26.4. The fourth-order valence-corrected chi connectivity index (χ4v) is 4.23. The molecule has 0 radical (unpaired) electrons. The Morgan fingerprint density at radius 2 is 1.80 bits per heavy atom. The molecule has 0 bridgehead atoms. The quantitative estimate of drug-likeness (QED) is 0.780. The summed E-state index contributed by atoms with van der Waals surface area (Å²) in [6.45, 7) is 6.40. The van der Waals surface area contributed by atoms with Crippen LogP contribution in [-0.4, -0.2) is 45.5 Å². The van der Waals surface area contributed by atoms with E-state index in [0.29, 0.717) is 6.54 Å². The maximum atomic E-state index is 13.2. The second kappa shape index (κ2) is 3.93. The van der Waals surface area contributed by atoms with E-state index in [1.165, 1.54) is 0 Å². The molecule has 3 nitrogen and oxygen atoms in total. The first-order chi connectivity index (χ1) is 9.07. The van der Waals surface area contributed by atoms with Crippen LogP contribution >= 0.6 is 0 Å². The van der Waals surface area contributed by atoms with Gasteiger partial charge in [-0.05, 0) is 38.1 Å². The molecule has 0 aromatic rings. The van der Waals surface area contributed by atoms with Crippen molar-refractivity contribution in [2.45, 2.75) is 63.7 Å². The van der Waals surface area contributed by atoms with E-state index in [1.54, 1.807) is 13.8 Å². The largest absolute Gasteiger partial charge is 0.364 e. The zero-order valence-corrected chi connectivity index (χ0v) is 12.5. The minimum absolute atomic E-state index is 0.0574. The van der Waals surface area contributed by atoms with E-state index in [4.69, 9.17) is 0 Å². The molecule has 3 fully saturated rings. The summed E-state index contributed by atoms with van der Waals surface area (Å²) in [5, 5.41) is 21.4. The number of halogens is 2. The number of rotatable bonds is 4. The zero-order valence-electron chi connectivity index (χ0n) is 12.5. The fraction of sp³-hybridized carbons (Fsp3) is 1.00. The van der Waals surface area contributed by atoms with Gasteiger partial charge in [-0.2, -0.15) is 0 Å². The van der Waals surface area contributed by atoms with Gasteiger partial charge in [-0.3, -0.25) is 4.90 Å². The van der Waals surface area contributed by atoms with Crippen LogP contribution < -0.4 is 0 Å². The van der Waals surface area contributed by atoms with Crippen LogP contribution in [0, 0.1) is 17.3 Å². The zero-order chi connectivity index (χ0) is 15.0. The first-order valence-corrected chi connectivity index (χ1v) is 7.64. The first-order valence-electron chi connectivity index (χ1n) is 7.64. The van der Waals surface area contributed by atoms with Crippen LogP contribution in [0.4, 0.5) is 8.78 Å². The first kappa shape index (κ1) is 14.7. The maximum Gasteiger partial charge on any atom is 0.252 e. The van der Waals surface area contributed by atoms with E-state index in [9.17, 15) is 19.0 Å². The highest BCUT2D eigenvalue weighted by molar-refractivity contribution is 5.22. The van der Waals surface area contributed by atoms with E-state index in [1.807, 2.05) is 11.8 Å². The predicted molar refractivity (Wildman–Crippen MR) is 71.3 cm³/mol. The van der Waals surface area contributed by atoms with E-state index in [0.717, 1.165) is 19.3 Å². The van der Waals surface area contributed by atoms with Crippen molar-refractivity contribution in [3.05, 3.63) is 0 Å². The standard InChI is InChI=1S/C15H25F2NO2/c1-10(2)15(19,20)12(3)13(4-5-13)6-7-18(12)9-11-8-14(11,16)17/h10-11,19-20H,4-9H2,1-3H3. The minimum Gasteiger partial charge on any atom is -0.364 e. The number of nitrogens with zero attached hydrogens (tertiary/aromatic N) is 1. The molecule has 3 rings (SSSR count). The predicted octanol–water partition coefficient (Wildman–Crippen LogP) is 2.22.